The maximum Gasteiger partial charge on any atom is 0.167 e. The highest BCUT2D eigenvalue weighted by Gasteiger charge is 1.99. The summed E-state index contributed by atoms with van der Waals surface area (Å²) < 4.78 is 0.790. The lowest BCUT2D eigenvalue weighted by molar-refractivity contribution is 0.643. The number of aliphatic imine (C=N–C) groups is 1. The summed E-state index contributed by atoms with van der Waals surface area (Å²) in [7, 11) is 3.79. The van der Waals surface area contributed by atoms with Crippen LogP contribution in [-0.4, -0.2) is 30.3 Å². The summed E-state index contributed by atoms with van der Waals surface area (Å²) in [5, 5.41) is 0.593. The van der Waals surface area contributed by atoms with Gasteiger partial charge < -0.3 is 4.90 Å². The fourth-order valence-electron chi connectivity index (χ4n) is 0.673. The molecule has 1 heterocycles. The number of hydrogen-bond acceptors (Lipinski definition) is 2. The Bertz CT molecular complexity index is 325. The normalized spacial score (nSPS) is 10.8. The molecule has 0 bridgehead atoms. The summed E-state index contributed by atoms with van der Waals surface area (Å²) in [4.78, 5) is 10.0. The van der Waals surface area contributed by atoms with E-state index in [-0.39, 0.29) is 0 Å². The Hall–Kier alpha value is -0.610. The van der Waals surface area contributed by atoms with Crippen molar-refractivity contribution in [2.45, 2.75) is 0 Å². The molecule has 0 saturated carbocycles. The molecular formula is C8H9BrClN3. The van der Waals surface area contributed by atoms with Crippen molar-refractivity contribution >= 4 is 39.7 Å². The summed E-state index contributed by atoms with van der Waals surface area (Å²) in [6, 6.07) is 1.76. The Labute approximate surface area is 90.6 Å². The molecule has 1 rings (SSSR count). The van der Waals surface area contributed by atoms with Crippen LogP contribution in [-0.2, 0) is 0 Å². The van der Waals surface area contributed by atoms with Crippen molar-refractivity contribution in [2.75, 3.05) is 14.1 Å². The van der Waals surface area contributed by atoms with Crippen LogP contribution in [0.25, 0.3) is 0 Å². The quantitative estimate of drug-likeness (QED) is 0.606. The standard InChI is InChI=1S/C8H9BrClN3/c1-13(2)5-12-8-7(9)3-6(10)4-11-8/h3-5H,1-2H3. The number of aromatic nitrogens is 1. The highest BCUT2D eigenvalue weighted by molar-refractivity contribution is 9.10. The van der Waals surface area contributed by atoms with Crippen LogP contribution < -0.4 is 0 Å². The van der Waals surface area contributed by atoms with Gasteiger partial charge in [0.05, 0.1) is 15.8 Å². The van der Waals surface area contributed by atoms with E-state index in [0.29, 0.717) is 10.8 Å². The summed E-state index contributed by atoms with van der Waals surface area (Å²) in [6.45, 7) is 0. The molecule has 0 fully saturated rings. The van der Waals surface area contributed by atoms with Crippen molar-refractivity contribution in [3.8, 4) is 0 Å². The molecule has 0 amide bonds. The van der Waals surface area contributed by atoms with E-state index in [1.165, 1.54) is 0 Å². The van der Waals surface area contributed by atoms with Gasteiger partial charge in [-0.05, 0) is 22.0 Å². The fraction of sp³-hybridized carbons (Fsp3) is 0.250. The molecule has 0 unspecified atom stereocenters. The minimum Gasteiger partial charge on any atom is -0.369 e. The lowest BCUT2D eigenvalue weighted by atomic mass is 10.5. The molecule has 1 aromatic heterocycles. The van der Waals surface area contributed by atoms with E-state index in [0.717, 1.165) is 4.47 Å². The number of halogens is 2. The Morgan fingerprint density at radius 1 is 1.62 bits per heavy atom. The first-order chi connectivity index (χ1) is 6.09. The van der Waals surface area contributed by atoms with Crippen LogP contribution in [0.3, 0.4) is 0 Å². The van der Waals surface area contributed by atoms with Gasteiger partial charge in [0, 0.05) is 20.3 Å². The molecule has 5 heteroatoms. The first kappa shape index (κ1) is 10.5. The van der Waals surface area contributed by atoms with Crippen LogP contribution in [0.5, 0.6) is 0 Å². The molecule has 0 aromatic carbocycles. The second-order valence-corrected chi connectivity index (χ2v) is 3.96. The molecule has 13 heavy (non-hydrogen) atoms. The second kappa shape index (κ2) is 4.58. The molecule has 0 saturated heterocycles. The van der Waals surface area contributed by atoms with Gasteiger partial charge in [-0.1, -0.05) is 11.6 Å². The summed E-state index contributed by atoms with van der Waals surface area (Å²) in [6.07, 6.45) is 3.25. The average molecular weight is 263 g/mol. The van der Waals surface area contributed by atoms with Crippen molar-refractivity contribution in [1.82, 2.24) is 9.88 Å². The van der Waals surface area contributed by atoms with Gasteiger partial charge in [0.1, 0.15) is 0 Å². The third kappa shape index (κ3) is 3.32. The van der Waals surface area contributed by atoms with Crippen molar-refractivity contribution in [2.24, 2.45) is 4.99 Å². The van der Waals surface area contributed by atoms with Crippen molar-refractivity contribution in [3.05, 3.63) is 21.8 Å². The van der Waals surface area contributed by atoms with E-state index in [2.05, 4.69) is 25.9 Å². The summed E-state index contributed by atoms with van der Waals surface area (Å²) in [5.74, 6) is 0.623. The zero-order valence-corrected chi connectivity index (χ0v) is 9.67. The zero-order chi connectivity index (χ0) is 9.84. The highest BCUT2D eigenvalue weighted by Crippen LogP contribution is 2.24. The SMILES string of the molecule is CN(C)C=Nc1ncc(Cl)cc1Br. The van der Waals surface area contributed by atoms with Crippen molar-refractivity contribution < 1.29 is 0 Å². The number of nitrogens with zero attached hydrogens (tertiary/aromatic N) is 3. The Kier molecular flexibility index (Phi) is 3.69. The lowest BCUT2D eigenvalue weighted by Crippen LogP contribution is -2.07. The topological polar surface area (TPSA) is 28.5 Å². The van der Waals surface area contributed by atoms with Gasteiger partial charge in [-0.2, -0.15) is 0 Å². The third-order valence-electron chi connectivity index (χ3n) is 1.20. The maximum atomic E-state index is 5.72. The number of hydrogen-bond donors (Lipinski definition) is 0. The molecule has 70 valence electrons. The van der Waals surface area contributed by atoms with Crippen molar-refractivity contribution in [1.29, 1.82) is 0 Å². The number of pyridine rings is 1. The molecule has 1 aromatic rings. The molecule has 0 N–H and O–H groups in total. The average Bonchev–Trinajstić information content (AvgIpc) is 2.02. The molecule has 0 atom stereocenters. The lowest BCUT2D eigenvalue weighted by Gasteiger charge is -2.02. The van der Waals surface area contributed by atoms with Gasteiger partial charge in [0.15, 0.2) is 5.82 Å². The van der Waals surface area contributed by atoms with Gasteiger partial charge in [0.25, 0.3) is 0 Å². The van der Waals surface area contributed by atoms with Crippen LogP contribution in [0.2, 0.25) is 5.02 Å². The van der Waals surface area contributed by atoms with Gasteiger partial charge in [0.2, 0.25) is 0 Å². The Morgan fingerprint density at radius 3 is 2.85 bits per heavy atom. The first-order valence-electron chi connectivity index (χ1n) is 3.61. The molecule has 0 aliphatic heterocycles. The van der Waals surface area contributed by atoms with E-state index < -0.39 is 0 Å². The molecule has 0 aliphatic carbocycles. The Morgan fingerprint density at radius 2 is 2.31 bits per heavy atom. The summed E-state index contributed by atoms with van der Waals surface area (Å²) in [5.41, 5.74) is 0. The highest BCUT2D eigenvalue weighted by atomic mass is 79.9. The van der Waals surface area contributed by atoms with Crippen LogP contribution in [0.15, 0.2) is 21.7 Å². The van der Waals surface area contributed by atoms with E-state index >= 15 is 0 Å². The maximum absolute atomic E-state index is 5.72. The molecule has 0 aliphatic rings. The monoisotopic (exact) mass is 261 g/mol. The van der Waals surface area contributed by atoms with Gasteiger partial charge in [-0.3, -0.25) is 0 Å². The van der Waals surface area contributed by atoms with E-state index in [4.69, 9.17) is 11.6 Å². The van der Waals surface area contributed by atoms with Crippen LogP contribution in [0, 0.1) is 0 Å². The minimum absolute atomic E-state index is 0.593. The molecular weight excluding hydrogens is 253 g/mol. The zero-order valence-electron chi connectivity index (χ0n) is 7.33. The van der Waals surface area contributed by atoms with Crippen LogP contribution in [0.1, 0.15) is 0 Å². The predicted octanol–water partition coefficient (Wildman–Crippen LogP) is 2.72. The Balaban J connectivity index is 2.90. The molecule has 0 radical (unpaired) electrons. The first-order valence-corrected chi connectivity index (χ1v) is 4.78. The smallest absolute Gasteiger partial charge is 0.167 e. The van der Waals surface area contributed by atoms with E-state index in [9.17, 15) is 0 Å². The van der Waals surface area contributed by atoms with Gasteiger partial charge >= 0.3 is 0 Å². The molecule has 3 nitrogen and oxygen atoms in total. The van der Waals surface area contributed by atoms with Crippen molar-refractivity contribution in [3.63, 3.8) is 0 Å². The predicted molar refractivity (Wildman–Crippen MR) is 58.8 cm³/mol. The fourth-order valence-corrected chi connectivity index (χ4v) is 1.41. The van der Waals surface area contributed by atoms with E-state index in [1.807, 2.05) is 19.0 Å². The number of rotatable bonds is 2. The molecule has 0 spiro atoms. The minimum atomic E-state index is 0.593. The van der Waals surface area contributed by atoms with Crippen LogP contribution in [0.4, 0.5) is 5.82 Å². The van der Waals surface area contributed by atoms with Crippen LogP contribution >= 0.6 is 27.5 Å². The largest absolute Gasteiger partial charge is 0.369 e. The second-order valence-electron chi connectivity index (χ2n) is 2.67. The van der Waals surface area contributed by atoms with E-state index in [1.54, 1.807) is 18.6 Å². The summed E-state index contributed by atoms with van der Waals surface area (Å²) >= 11 is 9.04. The third-order valence-corrected chi connectivity index (χ3v) is 1.99. The van der Waals surface area contributed by atoms with Gasteiger partial charge in [-0.25, -0.2) is 9.98 Å². The van der Waals surface area contributed by atoms with Gasteiger partial charge in [-0.15, -0.1) is 0 Å².